The largest absolute Gasteiger partial charge is 0.395 e. The number of aliphatic hydroxyl groups is 1. The summed E-state index contributed by atoms with van der Waals surface area (Å²) in [5.74, 6) is 0.482. The van der Waals surface area contributed by atoms with Gasteiger partial charge in [-0.05, 0) is 6.42 Å². The standard InChI is InChI=1S/C7H13N3O.ClH/c1-2-6-5-9-7(8)10(6)3-4-11;/h5,11H,2-4H2,1H3,(H2,8,9);1H. The molecule has 0 aliphatic heterocycles. The minimum atomic E-state index is 0. The van der Waals surface area contributed by atoms with Crippen LogP contribution in [0.1, 0.15) is 12.6 Å². The summed E-state index contributed by atoms with van der Waals surface area (Å²) in [6, 6.07) is 0. The zero-order valence-electron chi connectivity index (χ0n) is 7.03. The van der Waals surface area contributed by atoms with E-state index in [-0.39, 0.29) is 19.0 Å². The molecule has 0 aliphatic carbocycles. The van der Waals surface area contributed by atoms with Crippen molar-refractivity contribution in [2.75, 3.05) is 12.3 Å². The zero-order valence-corrected chi connectivity index (χ0v) is 7.84. The van der Waals surface area contributed by atoms with Crippen LogP contribution in [0.25, 0.3) is 0 Å². The molecule has 12 heavy (non-hydrogen) atoms. The Kier molecular flexibility index (Phi) is 4.70. The summed E-state index contributed by atoms with van der Waals surface area (Å²) in [6.45, 7) is 2.67. The summed E-state index contributed by atoms with van der Waals surface area (Å²) in [4.78, 5) is 3.94. The molecule has 1 aromatic heterocycles. The Morgan fingerprint density at radius 1 is 1.67 bits per heavy atom. The van der Waals surface area contributed by atoms with Crippen molar-refractivity contribution >= 4 is 18.4 Å². The van der Waals surface area contributed by atoms with Crippen LogP contribution in [0.3, 0.4) is 0 Å². The normalized spacial score (nSPS) is 9.50. The molecule has 0 fully saturated rings. The van der Waals surface area contributed by atoms with Gasteiger partial charge in [-0.1, -0.05) is 6.92 Å². The van der Waals surface area contributed by atoms with Crippen molar-refractivity contribution in [3.63, 3.8) is 0 Å². The lowest BCUT2D eigenvalue weighted by Crippen LogP contribution is -2.09. The fourth-order valence-electron chi connectivity index (χ4n) is 1.07. The summed E-state index contributed by atoms with van der Waals surface area (Å²) in [7, 11) is 0. The van der Waals surface area contributed by atoms with Crippen LogP contribution in [0.15, 0.2) is 6.20 Å². The summed E-state index contributed by atoms with van der Waals surface area (Å²) in [6.07, 6.45) is 2.63. The minimum Gasteiger partial charge on any atom is -0.395 e. The van der Waals surface area contributed by atoms with E-state index in [9.17, 15) is 0 Å². The van der Waals surface area contributed by atoms with Gasteiger partial charge in [0.05, 0.1) is 12.8 Å². The van der Waals surface area contributed by atoms with E-state index in [1.165, 1.54) is 0 Å². The van der Waals surface area contributed by atoms with Crippen molar-refractivity contribution in [3.8, 4) is 0 Å². The van der Waals surface area contributed by atoms with Gasteiger partial charge in [-0.15, -0.1) is 12.4 Å². The molecule has 0 radical (unpaired) electrons. The van der Waals surface area contributed by atoms with Crippen molar-refractivity contribution in [2.24, 2.45) is 0 Å². The highest BCUT2D eigenvalue weighted by atomic mass is 35.5. The van der Waals surface area contributed by atoms with Gasteiger partial charge in [0.2, 0.25) is 0 Å². The van der Waals surface area contributed by atoms with E-state index in [4.69, 9.17) is 10.8 Å². The van der Waals surface area contributed by atoms with Gasteiger partial charge in [-0.2, -0.15) is 0 Å². The average molecular weight is 192 g/mol. The Bertz CT molecular complexity index is 237. The van der Waals surface area contributed by atoms with Crippen LogP contribution in [0, 0.1) is 0 Å². The van der Waals surface area contributed by atoms with Gasteiger partial charge in [0.1, 0.15) is 0 Å². The number of nitrogens with two attached hydrogens (primary N) is 1. The Balaban J connectivity index is 0.00000121. The van der Waals surface area contributed by atoms with Gasteiger partial charge >= 0.3 is 0 Å². The molecule has 0 unspecified atom stereocenters. The molecule has 1 aromatic rings. The van der Waals surface area contributed by atoms with Crippen LogP contribution in [0.4, 0.5) is 5.95 Å². The van der Waals surface area contributed by atoms with Crippen molar-refractivity contribution in [1.29, 1.82) is 0 Å². The molecule has 1 rings (SSSR count). The van der Waals surface area contributed by atoms with Crippen LogP contribution >= 0.6 is 12.4 Å². The lowest BCUT2D eigenvalue weighted by atomic mass is 10.3. The first-order valence-corrected chi connectivity index (χ1v) is 3.70. The summed E-state index contributed by atoms with van der Waals surface area (Å²) >= 11 is 0. The van der Waals surface area contributed by atoms with Crippen LogP contribution in [0.2, 0.25) is 0 Å². The molecule has 0 atom stereocenters. The number of aliphatic hydroxyl groups excluding tert-OH is 1. The highest BCUT2D eigenvalue weighted by Crippen LogP contribution is 2.06. The van der Waals surface area contributed by atoms with Crippen molar-refractivity contribution < 1.29 is 5.11 Å². The van der Waals surface area contributed by atoms with E-state index in [0.717, 1.165) is 12.1 Å². The average Bonchev–Trinajstić information content (AvgIpc) is 2.34. The van der Waals surface area contributed by atoms with E-state index in [0.29, 0.717) is 12.5 Å². The minimum absolute atomic E-state index is 0. The van der Waals surface area contributed by atoms with E-state index in [2.05, 4.69) is 4.98 Å². The fourth-order valence-corrected chi connectivity index (χ4v) is 1.07. The maximum Gasteiger partial charge on any atom is 0.200 e. The van der Waals surface area contributed by atoms with Crippen molar-refractivity contribution in [3.05, 3.63) is 11.9 Å². The molecule has 0 spiro atoms. The van der Waals surface area contributed by atoms with Gasteiger partial charge in [-0.3, -0.25) is 0 Å². The Labute approximate surface area is 77.8 Å². The molecule has 5 heteroatoms. The predicted octanol–water partition coefficient (Wildman–Crippen LogP) is 0.442. The number of hydrogen-bond acceptors (Lipinski definition) is 3. The molecule has 70 valence electrons. The third kappa shape index (κ3) is 2.12. The van der Waals surface area contributed by atoms with Crippen LogP contribution in [0.5, 0.6) is 0 Å². The first kappa shape index (κ1) is 11.3. The molecular weight excluding hydrogens is 178 g/mol. The maximum absolute atomic E-state index is 8.68. The summed E-state index contributed by atoms with van der Waals surface area (Å²) < 4.78 is 1.82. The first-order chi connectivity index (χ1) is 5.29. The quantitative estimate of drug-likeness (QED) is 0.729. The number of halogens is 1. The van der Waals surface area contributed by atoms with Crippen LogP contribution in [-0.2, 0) is 13.0 Å². The number of aryl methyl sites for hydroxylation is 1. The van der Waals surface area contributed by atoms with E-state index < -0.39 is 0 Å². The van der Waals surface area contributed by atoms with Gasteiger partial charge in [0.25, 0.3) is 0 Å². The second kappa shape index (κ2) is 5.00. The number of nitrogen functional groups attached to an aromatic ring is 1. The lowest BCUT2D eigenvalue weighted by Gasteiger charge is -2.04. The van der Waals surface area contributed by atoms with Gasteiger partial charge in [0.15, 0.2) is 5.95 Å². The van der Waals surface area contributed by atoms with Crippen molar-refractivity contribution in [2.45, 2.75) is 19.9 Å². The molecule has 1 heterocycles. The monoisotopic (exact) mass is 191 g/mol. The van der Waals surface area contributed by atoms with Gasteiger partial charge in [0, 0.05) is 12.2 Å². The van der Waals surface area contributed by atoms with Crippen LogP contribution in [-0.4, -0.2) is 21.3 Å². The molecule has 0 bridgehead atoms. The Hall–Kier alpha value is -0.740. The summed E-state index contributed by atoms with van der Waals surface area (Å²) in [5.41, 5.74) is 6.61. The number of nitrogens with zero attached hydrogens (tertiary/aromatic N) is 2. The predicted molar refractivity (Wildman–Crippen MR) is 50.4 cm³/mol. The first-order valence-electron chi connectivity index (χ1n) is 3.70. The third-order valence-corrected chi connectivity index (χ3v) is 1.65. The van der Waals surface area contributed by atoms with Gasteiger partial charge in [-0.25, -0.2) is 4.98 Å². The van der Waals surface area contributed by atoms with E-state index in [1.54, 1.807) is 6.20 Å². The molecule has 0 saturated carbocycles. The third-order valence-electron chi connectivity index (χ3n) is 1.65. The number of aromatic nitrogens is 2. The highest BCUT2D eigenvalue weighted by Gasteiger charge is 2.03. The van der Waals surface area contributed by atoms with Crippen LogP contribution < -0.4 is 5.73 Å². The fraction of sp³-hybridized carbons (Fsp3) is 0.571. The lowest BCUT2D eigenvalue weighted by molar-refractivity contribution is 0.275. The second-order valence-electron chi connectivity index (χ2n) is 2.34. The number of hydrogen-bond donors (Lipinski definition) is 2. The molecule has 0 aromatic carbocycles. The van der Waals surface area contributed by atoms with Crippen molar-refractivity contribution in [1.82, 2.24) is 9.55 Å². The molecule has 0 aliphatic rings. The topological polar surface area (TPSA) is 64.1 Å². The smallest absolute Gasteiger partial charge is 0.200 e. The summed E-state index contributed by atoms with van der Waals surface area (Å²) in [5, 5.41) is 8.68. The Morgan fingerprint density at radius 3 is 2.83 bits per heavy atom. The zero-order chi connectivity index (χ0) is 8.27. The van der Waals surface area contributed by atoms with Gasteiger partial charge < -0.3 is 15.4 Å². The molecule has 0 amide bonds. The second-order valence-corrected chi connectivity index (χ2v) is 2.34. The molecule has 0 saturated heterocycles. The maximum atomic E-state index is 8.68. The SMILES string of the molecule is CCc1cnc(N)n1CCO.Cl. The Morgan fingerprint density at radius 2 is 2.33 bits per heavy atom. The van der Waals surface area contributed by atoms with E-state index >= 15 is 0 Å². The number of rotatable bonds is 3. The highest BCUT2D eigenvalue weighted by molar-refractivity contribution is 5.85. The number of imidazole rings is 1. The van der Waals surface area contributed by atoms with E-state index in [1.807, 2.05) is 11.5 Å². The molecule has 3 N–H and O–H groups in total. The molecular formula is C7H14ClN3O. The number of anilines is 1. The molecule has 4 nitrogen and oxygen atoms in total.